The molecule has 25 heavy (non-hydrogen) atoms. The zero-order valence-corrected chi connectivity index (χ0v) is 16.6. The summed E-state index contributed by atoms with van der Waals surface area (Å²) in [5.41, 5.74) is 0. The highest BCUT2D eigenvalue weighted by molar-refractivity contribution is 7.99. The average molecular weight is 366 g/mol. The van der Waals surface area contributed by atoms with Crippen molar-refractivity contribution >= 4 is 11.8 Å². The molecule has 1 aliphatic carbocycles. The van der Waals surface area contributed by atoms with E-state index < -0.39 is 0 Å². The number of quaternary nitrogens is 2. The highest BCUT2D eigenvalue weighted by atomic mass is 32.2. The Balaban J connectivity index is 1.37. The molecule has 0 bridgehead atoms. The van der Waals surface area contributed by atoms with Gasteiger partial charge in [0.2, 0.25) is 0 Å². The summed E-state index contributed by atoms with van der Waals surface area (Å²) in [5, 5.41) is 10.3. The molecule has 3 heterocycles. The summed E-state index contributed by atoms with van der Waals surface area (Å²) in [6, 6.07) is 1.45. The van der Waals surface area contributed by atoms with Gasteiger partial charge in [-0.2, -0.15) is 0 Å². The van der Waals surface area contributed by atoms with Crippen LogP contribution in [0.4, 0.5) is 0 Å². The van der Waals surface area contributed by atoms with Gasteiger partial charge in [-0.3, -0.25) is 0 Å². The molecule has 2 atom stereocenters. The molecule has 1 saturated carbocycles. The summed E-state index contributed by atoms with van der Waals surface area (Å²) >= 11 is 1.91. The van der Waals surface area contributed by atoms with Crippen LogP contribution in [0.3, 0.4) is 0 Å². The van der Waals surface area contributed by atoms with Crippen molar-refractivity contribution in [3.63, 3.8) is 0 Å². The van der Waals surface area contributed by atoms with Crippen molar-refractivity contribution in [3.05, 3.63) is 5.82 Å². The molecular weight excluding hydrogens is 330 g/mol. The molecule has 2 aliphatic heterocycles. The molecule has 0 radical (unpaired) electrons. The van der Waals surface area contributed by atoms with E-state index >= 15 is 0 Å². The summed E-state index contributed by atoms with van der Waals surface area (Å²) in [4.78, 5) is 3.59. The topological polar surface area (TPSA) is 39.6 Å². The van der Waals surface area contributed by atoms with Crippen molar-refractivity contribution in [2.24, 2.45) is 7.05 Å². The van der Waals surface area contributed by atoms with Gasteiger partial charge in [-0.15, -0.1) is 10.2 Å². The van der Waals surface area contributed by atoms with Crippen LogP contribution >= 0.6 is 11.8 Å². The van der Waals surface area contributed by atoms with Crippen molar-refractivity contribution in [2.75, 3.05) is 31.9 Å². The number of hydrogen-bond acceptors (Lipinski definition) is 3. The normalized spacial score (nSPS) is 28.8. The maximum atomic E-state index is 4.66. The van der Waals surface area contributed by atoms with Crippen molar-refractivity contribution in [1.82, 2.24) is 14.8 Å². The lowest BCUT2D eigenvalue weighted by Gasteiger charge is -2.32. The third-order valence-electron chi connectivity index (χ3n) is 6.71. The number of likely N-dealkylation sites (tertiary alicyclic amines) is 2. The number of hydrogen-bond donors (Lipinski definition) is 2. The van der Waals surface area contributed by atoms with E-state index in [0.29, 0.717) is 6.04 Å². The van der Waals surface area contributed by atoms with E-state index in [-0.39, 0.29) is 0 Å². The number of nitrogens with zero attached hydrogens (tertiary/aromatic N) is 3. The molecular formula is C19H35N5S+2. The first-order chi connectivity index (χ1) is 12.3. The molecule has 3 aliphatic rings. The molecule has 6 heteroatoms. The van der Waals surface area contributed by atoms with Crippen LogP contribution < -0.4 is 9.80 Å². The van der Waals surface area contributed by atoms with Crippen LogP contribution in [0, 0.1) is 0 Å². The van der Waals surface area contributed by atoms with E-state index in [1.165, 1.54) is 95.5 Å². The lowest BCUT2D eigenvalue weighted by atomic mass is 9.93. The molecule has 0 spiro atoms. The monoisotopic (exact) mass is 365 g/mol. The van der Waals surface area contributed by atoms with Gasteiger partial charge in [-0.25, -0.2) is 0 Å². The van der Waals surface area contributed by atoms with Crippen molar-refractivity contribution < 1.29 is 9.80 Å². The Labute approximate surface area is 156 Å². The van der Waals surface area contributed by atoms with Gasteiger partial charge < -0.3 is 14.4 Å². The standard InChI is InChI=1S/C19H33N5S/c1-22-18(17-10-7-13-24(17)16-8-3-2-4-9-16)20-21-19(22)25-15-14-23-11-5-6-12-23/h16-17H,2-15H2,1H3/p+2/t17-/m1/s1. The van der Waals surface area contributed by atoms with E-state index in [9.17, 15) is 0 Å². The Bertz CT molecular complexity index is 548. The average Bonchev–Trinajstić information content (AvgIpc) is 3.38. The fourth-order valence-electron chi connectivity index (χ4n) is 5.29. The maximum absolute atomic E-state index is 4.66. The second kappa shape index (κ2) is 8.40. The van der Waals surface area contributed by atoms with Gasteiger partial charge >= 0.3 is 0 Å². The third kappa shape index (κ3) is 4.06. The van der Waals surface area contributed by atoms with Gasteiger partial charge in [0.05, 0.1) is 38.0 Å². The quantitative estimate of drug-likeness (QED) is 0.727. The Hall–Kier alpha value is -0.590. The van der Waals surface area contributed by atoms with Crippen LogP contribution in [0.15, 0.2) is 5.16 Å². The van der Waals surface area contributed by atoms with E-state index in [1.54, 1.807) is 4.90 Å². The molecule has 0 amide bonds. The largest absolute Gasteiger partial charge is 0.334 e. The van der Waals surface area contributed by atoms with Crippen LogP contribution in [0.25, 0.3) is 0 Å². The molecule has 3 fully saturated rings. The minimum Gasteiger partial charge on any atom is -0.334 e. The van der Waals surface area contributed by atoms with Gasteiger partial charge in [0.25, 0.3) is 0 Å². The van der Waals surface area contributed by atoms with Crippen LogP contribution in [-0.2, 0) is 7.05 Å². The Morgan fingerprint density at radius 2 is 1.76 bits per heavy atom. The Morgan fingerprint density at radius 1 is 0.960 bits per heavy atom. The van der Waals surface area contributed by atoms with E-state index in [2.05, 4.69) is 21.8 Å². The van der Waals surface area contributed by atoms with Crippen LogP contribution in [0.1, 0.15) is 69.7 Å². The molecule has 1 aromatic heterocycles. The smallest absolute Gasteiger partial charge is 0.191 e. The van der Waals surface area contributed by atoms with E-state index in [1.807, 2.05) is 16.7 Å². The van der Waals surface area contributed by atoms with Crippen molar-refractivity contribution in [3.8, 4) is 0 Å². The van der Waals surface area contributed by atoms with Crippen molar-refractivity contribution in [1.29, 1.82) is 0 Å². The molecule has 1 aromatic rings. The predicted molar refractivity (Wildman–Crippen MR) is 101 cm³/mol. The van der Waals surface area contributed by atoms with Gasteiger partial charge in [0.1, 0.15) is 6.04 Å². The molecule has 1 unspecified atom stereocenters. The molecule has 2 N–H and O–H groups in total. The Kier molecular flexibility index (Phi) is 5.98. The zero-order chi connectivity index (χ0) is 17.1. The minimum absolute atomic E-state index is 0.583. The van der Waals surface area contributed by atoms with Crippen LogP contribution in [0.5, 0.6) is 0 Å². The molecule has 5 nitrogen and oxygen atoms in total. The third-order valence-corrected chi connectivity index (χ3v) is 7.74. The first kappa shape index (κ1) is 17.8. The number of thioether (sulfide) groups is 1. The van der Waals surface area contributed by atoms with Crippen LogP contribution in [0.2, 0.25) is 0 Å². The summed E-state index contributed by atoms with van der Waals surface area (Å²) in [7, 11) is 2.19. The molecule has 4 rings (SSSR count). The van der Waals surface area contributed by atoms with Crippen molar-refractivity contribution in [2.45, 2.75) is 75.0 Å². The highest BCUT2D eigenvalue weighted by Gasteiger charge is 2.39. The highest BCUT2D eigenvalue weighted by Crippen LogP contribution is 2.25. The van der Waals surface area contributed by atoms with Gasteiger partial charge in [0, 0.05) is 32.7 Å². The second-order valence-corrected chi connectivity index (χ2v) is 9.37. The summed E-state index contributed by atoms with van der Waals surface area (Å²) in [5.74, 6) is 2.42. The SMILES string of the molecule is Cn1c(SCC[NH+]2CCCC2)nnc1[C@H]1CCC[NH+]1C1CCCCC1. The van der Waals surface area contributed by atoms with Gasteiger partial charge in [-0.1, -0.05) is 18.2 Å². The van der Waals surface area contributed by atoms with Crippen LogP contribution in [-0.4, -0.2) is 52.7 Å². The fraction of sp³-hybridized carbons (Fsp3) is 0.895. The number of rotatable bonds is 6. The summed E-state index contributed by atoms with van der Waals surface area (Å²) in [6.45, 7) is 5.34. The molecule has 0 aromatic carbocycles. The summed E-state index contributed by atoms with van der Waals surface area (Å²) < 4.78 is 2.31. The minimum atomic E-state index is 0.583. The number of nitrogens with one attached hydrogen (secondary N) is 2. The second-order valence-electron chi connectivity index (χ2n) is 8.31. The van der Waals surface area contributed by atoms with E-state index in [4.69, 9.17) is 0 Å². The molecule has 140 valence electrons. The number of aromatic nitrogens is 3. The van der Waals surface area contributed by atoms with Gasteiger partial charge in [0.15, 0.2) is 11.0 Å². The lowest BCUT2D eigenvalue weighted by molar-refractivity contribution is -0.945. The predicted octanol–water partition coefficient (Wildman–Crippen LogP) is 0.638. The lowest BCUT2D eigenvalue weighted by Crippen LogP contribution is -3.14. The molecule has 2 saturated heterocycles. The van der Waals surface area contributed by atoms with E-state index in [0.717, 1.165) is 11.2 Å². The Morgan fingerprint density at radius 3 is 2.56 bits per heavy atom. The maximum Gasteiger partial charge on any atom is 0.191 e. The fourth-order valence-corrected chi connectivity index (χ4v) is 6.25. The zero-order valence-electron chi connectivity index (χ0n) is 15.8. The van der Waals surface area contributed by atoms with Gasteiger partial charge in [-0.05, 0) is 25.7 Å². The first-order valence-corrected chi connectivity index (χ1v) is 11.5. The summed E-state index contributed by atoms with van der Waals surface area (Å²) in [6.07, 6.45) is 12.6. The first-order valence-electron chi connectivity index (χ1n) is 10.5.